The molecule has 2 aromatic heterocycles. The second-order valence-electron chi connectivity index (χ2n) is 3.27. The quantitative estimate of drug-likeness (QED) is 0.670. The summed E-state index contributed by atoms with van der Waals surface area (Å²) in [5.74, 6) is -0.0926. The molecule has 0 aliphatic rings. The van der Waals surface area contributed by atoms with Gasteiger partial charge in [0.15, 0.2) is 11.5 Å². The minimum Gasteiger partial charge on any atom is -0.233 e. The lowest BCUT2D eigenvalue weighted by molar-refractivity contribution is 0.610. The van der Waals surface area contributed by atoms with E-state index < -0.39 is 0 Å². The van der Waals surface area contributed by atoms with Crippen LogP contribution in [0.15, 0.2) is 18.5 Å². The van der Waals surface area contributed by atoms with Gasteiger partial charge in [-0.3, -0.25) is 0 Å². The Labute approximate surface area is 75.2 Å². The maximum atomic E-state index is 13.3. The number of imidazole rings is 1. The Bertz CT molecular complexity index is 433. The normalized spacial score (nSPS) is 11.4. The first kappa shape index (κ1) is 8.16. The van der Waals surface area contributed by atoms with Crippen LogP contribution in [0.25, 0.3) is 5.65 Å². The van der Waals surface area contributed by atoms with Crippen LogP contribution < -0.4 is 0 Å². The number of hydrogen-bond acceptors (Lipinski definition) is 2. The SMILES string of the molecule is CC(C)c1cc(F)c2nccn2n1. The van der Waals surface area contributed by atoms with Crippen LogP contribution in [0.1, 0.15) is 25.5 Å². The van der Waals surface area contributed by atoms with Gasteiger partial charge in [0.05, 0.1) is 5.69 Å². The third-order valence-corrected chi connectivity index (χ3v) is 1.92. The van der Waals surface area contributed by atoms with Crippen molar-refractivity contribution in [1.29, 1.82) is 0 Å². The molecule has 0 atom stereocenters. The smallest absolute Gasteiger partial charge is 0.189 e. The largest absolute Gasteiger partial charge is 0.233 e. The fraction of sp³-hybridized carbons (Fsp3) is 0.333. The third kappa shape index (κ3) is 1.28. The molecule has 3 nitrogen and oxygen atoms in total. The zero-order valence-electron chi connectivity index (χ0n) is 7.53. The Balaban J connectivity index is 2.70. The van der Waals surface area contributed by atoms with E-state index in [9.17, 15) is 4.39 Å². The minimum atomic E-state index is -0.316. The fourth-order valence-corrected chi connectivity index (χ4v) is 1.18. The van der Waals surface area contributed by atoms with E-state index in [4.69, 9.17) is 0 Å². The highest BCUT2D eigenvalue weighted by Gasteiger charge is 2.08. The number of rotatable bonds is 1. The van der Waals surface area contributed by atoms with Crippen LogP contribution in [0.5, 0.6) is 0 Å². The number of halogens is 1. The van der Waals surface area contributed by atoms with Crippen molar-refractivity contribution in [2.45, 2.75) is 19.8 Å². The van der Waals surface area contributed by atoms with Crippen LogP contribution in [0.4, 0.5) is 4.39 Å². The van der Waals surface area contributed by atoms with E-state index in [1.54, 1.807) is 6.20 Å². The van der Waals surface area contributed by atoms with Gasteiger partial charge < -0.3 is 0 Å². The van der Waals surface area contributed by atoms with E-state index in [-0.39, 0.29) is 17.4 Å². The first-order valence-electron chi connectivity index (χ1n) is 4.18. The molecule has 0 aliphatic carbocycles. The van der Waals surface area contributed by atoms with Crippen molar-refractivity contribution in [3.8, 4) is 0 Å². The van der Waals surface area contributed by atoms with Crippen molar-refractivity contribution < 1.29 is 4.39 Å². The molecule has 13 heavy (non-hydrogen) atoms. The van der Waals surface area contributed by atoms with Gasteiger partial charge in [0.1, 0.15) is 0 Å². The average molecular weight is 179 g/mol. The zero-order valence-corrected chi connectivity index (χ0v) is 7.53. The lowest BCUT2D eigenvalue weighted by atomic mass is 10.1. The summed E-state index contributed by atoms with van der Waals surface area (Å²) in [6, 6.07) is 1.44. The maximum absolute atomic E-state index is 13.3. The molecule has 0 radical (unpaired) electrons. The predicted molar refractivity (Wildman–Crippen MR) is 47.0 cm³/mol. The fourth-order valence-electron chi connectivity index (χ4n) is 1.18. The highest BCUT2D eigenvalue weighted by atomic mass is 19.1. The molecule has 0 N–H and O–H groups in total. The van der Waals surface area contributed by atoms with E-state index in [1.165, 1.54) is 16.8 Å². The Hall–Kier alpha value is -1.45. The Kier molecular flexibility index (Phi) is 1.76. The molecule has 0 bridgehead atoms. The molecule has 0 saturated heterocycles. The van der Waals surface area contributed by atoms with Crippen LogP contribution in [0.3, 0.4) is 0 Å². The van der Waals surface area contributed by atoms with Crippen LogP contribution in [-0.4, -0.2) is 14.6 Å². The molecule has 0 fully saturated rings. The van der Waals surface area contributed by atoms with Gasteiger partial charge in [-0.1, -0.05) is 13.8 Å². The molecular formula is C9H10FN3. The maximum Gasteiger partial charge on any atom is 0.189 e. The lowest BCUT2D eigenvalue weighted by Crippen LogP contribution is -2.01. The summed E-state index contributed by atoms with van der Waals surface area (Å²) in [5.41, 5.74) is 1.02. The molecule has 2 aromatic rings. The highest BCUT2D eigenvalue weighted by Crippen LogP contribution is 2.14. The summed E-state index contributed by atoms with van der Waals surface area (Å²) in [6.45, 7) is 3.95. The average Bonchev–Trinajstić information content (AvgIpc) is 2.51. The third-order valence-electron chi connectivity index (χ3n) is 1.92. The van der Waals surface area contributed by atoms with Gasteiger partial charge in [0.25, 0.3) is 0 Å². The van der Waals surface area contributed by atoms with Gasteiger partial charge in [-0.2, -0.15) is 5.10 Å². The van der Waals surface area contributed by atoms with Crippen molar-refractivity contribution in [3.63, 3.8) is 0 Å². The van der Waals surface area contributed by atoms with E-state index in [1.807, 2.05) is 13.8 Å². The second kappa shape index (κ2) is 2.80. The number of hydrogen-bond donors (Lipinski definition) is 0. The summed E-state index contributed by atoms with van der Waals surface area (Å²) in [6.07, 6.45) is 3.18. The van der Waals surface area contributed by atoms with E-state index in [2.05, 4.69) is 10.1 Å². The molecule has 0 saturated carbocycles. The van der Waals surface area contributed by atoms with Crippen molar-refractivity contribution in [2.24, 2.45) is 0 Å². The van der Waals surface area contributed by atoms with Gasteiger partial charge in [0, 0.05) is 18.5 Å². The molecule has 0 amide bonds. The van der Waals surface area contributed by atoms with Gasteiger partial charge in [0.2, 0.25) is 0 Å². The Morgan fingerprint density at radius 2 is 2.23 bits per heavy atom. The first-order valence-corrected chi connectivity index (χ1v) is 4.18. The summed E-state index contributed by atoms with van der Waals surface area (Å²) in [7, 11) is 0. The standard InChI is InChI=1S/C9H10FN3/c1-6(2)8-5-7(10)9-11-3-4-13(9)12-8/h3-6H,1-2H3. The highest BCUT2D eigenvalue weighted by molar-refractivity contribution is 5.38. The van der Waals surface area contributed by atoms with Crippen LogP contribution in [0.2, 0.25) is 0 Å². The van der Waals surface area contributed by atoms with Gasteiger partial charge in [-0.15, -0.1) is 0 Å². The van der Waals surface area contributed by atoms with Crippen molar-refractivity contribution >= 4 is 5.65 Å². The Morgan fingerprint density at radius 1 is 1.46 bits per heavy atom. The minimum absolute atomic E-state index is 0.223. The van der Waals surface area contributed by atoms with Crippen molar-refractivity contribution in [3.05, 3.63) is 30.0 Å². The summed E-state index contributed by atoms with van der Waals surface area (Å²) in [4.78, 5) is 3.84. The number of nitrogens with zero attached hydrogens (tertiary/aromatic N) is 3. The molecular weight excluding hydrogens is 169 g/mol. The van der Waals surface area contributed by atoms with Crippen LogP contribution in [-0.2, 0) is 0 Å². The van der Waals surface area contributed by atoms with Gasteiger partial charge in [-0.25, -0.2) is 13.9 Å². The zero-order chi connectivity index (χ0) is 9.42. The molecule has 0 spiro atoms. The van der Waals surface area contributed by atoms with Gasteiger partial charge in [-0.05, 0) is 5.92 Å². The van der Waals surface area contributed by atoms with Crippen molar-refractivity contribution in [1.82, 2.24) is 14.6 Å². The van der Waals surface area contributed by atoms with E-state index in [0.717, 1.165) is 5.69 Å². The molecule has 4 heteroatoms. The van der Waals surface area contributed by atoms with Crippen molar-refractivity contribution in [2.75, 3.05) is 0 Å². The van der Waals surface area contributed by atoms with Gasteiger partial charge >= 0.3 is 0 Å². The van der Waals surface area contributed by atoms with E-state index in [0.29, 0.717) is 0 Å². The monoisotopic (exact) mass is 179 g/mol. The summed E-state index contributed by atoms with van der Waals surface area (Å²) >= 11 is 0. The topological polar surface area (TPSA) is 30.2 Å². The molecule has 2 heterocycles. The molecule has 0 aliphatic heterocycles. The molecule has 2 rings (SSSR count). The molecule has 0 aromatic carbocycles. The second-order valence-corrected chi connectivity index (χ2v) is 3.27. The summed E-state index contributed by atoms with van der Waals surface area (Å²) in [5, 5.41) is 4.21. The number of aromatic nitrogens is 3. The van der Waals surface area contributed by atoms with Crippen LogP contribution >= 0.6 is 0 Å². The van der Waals surface area contributed by atoms with Crippen LogP contribution in [0, 0.1) is 5.82 Å². The van der Waals surface area contributed by atoms with E-state index >= 15 is 0 Å². The summed E-state index contributed by atoms with van der Waals surface area (Å²) < 4.78 is 14.8. The lowest BCUT2D eigenvalue weighted by Gasteiger charge is -2.04. The predicted octanol–water partition coefficient (Wildman–Crippen LogP) is 1.99. The molecule has 68 valence electrons. The molecule has 0 unspecified atom stereocenters. The first-order chi connectivity index (χ1) is 6.18. The Morgan fingerprint density at radius 3 is 2.92 bits per heavy atom. The number of fused-ring (bicyclic) bond motifs is 1.